The summed E-state index contributed by atoms with van der Waals surface area (Å²) in [5.41, 5.74) is -0.651. The second-order valence-electron chi connectivity index (χ2n) is 4.62. The molecule has 1 aromatic carbocycles. The van der Waals surface area contributed by atoms with E-state index in [0.29, 0.717) is 0 Å². The van der Waals surface area contributed by atoms with E-state index in [1.54, 1.807) is 32.9 Å². The molecule has 0 aliphatic heterocycles. The number of hydrogen-bond donors (Lipinski definition) is 0. The summed E-state index contributed by atoms with van der Waals surface area (Å²) >= 11 is 0. The van der Waals surface area contributed by atoms with E-state index in [2.05, 4.69) is 0 Å². The summed E-state index contributed by atoms with van der Waals surface area (Å²) < 4.78 is 18.5. The largest absolute Gasteiger partial charge is 0.459 e. The van der Waals surface area contributed by atoms with Gasteiger partial charge in [0, 0.05) is 5.56 Å². The van der Waals surface area contributed by atoms with Crippen molar-refractivity contribution in [3.63, 3.8) is 0 Å². The van der Waals surface area contributed by atoms with E-state index in [4.69, 9.17) is 10.00 Å². The van der Waals surface area contributed by atoms with Crippen LogP contribution in [0.2, 0.25) is 0 Å². The smallest absolute Gasteiger partial charge is 0.328 e. The molecule has 0 bridgehead atoms. The van der Waals surface area contributed by atoms with Crippen molar-refractivity contribution in [2.45, 2.75) is 32.3 Å². The zero-order valence-corrected chi connectivity index (χ0v) is 10.0. The summed E-state index contributed by atoms with van der Waals surface area (Å²) in [6.45, 7) is 5.09. The lowest BCUT2D eigenvalue weighted by Gasteiger charge is -2.21. The SMILES string of the molecule is CC(C)(C)OC(=O)C(C#N)c1ccccc1F. The summed E-state index contributed by atoms with van der Waals surface area (Å²) in [6.07, 6.45) is 0. The van der Waals surface area contributed by atoms with Crippen LogP contribution >= 0.6 is 0 Å². The number of nitrogens with zero attached hydrogens (tertiary/aromatic N) is 1. The van der Waals surface area contributed by atoms with Crippen LogP contribution in [-0.4, -0.2) is 11.6 Å². The van der Waals surface area contributed by atoms with Crippen LogP contribution in [0.4, 0.5) is 4.39 Å². The lowest BCUT2D eigenvalue weighted by Crippen LogP contribution is -2.27. The fourth-order valence-corrected chi connectivity index (χ4v) is 1.32. The molecule has 0 saturated carbocycles. The van der Waals surface area contributed by atoms with Gasteiger partial charge in [-0.3, -0.25) is 4.79 Å². The topological polar surface area (TPSA) is 50.1 Å². The van der Waals surface area contributed by atoms with Gasteiger partial charge in [-0.15, -0.1) is 0 Å². The summed E-state index contributed by atoms with van der Waals surface area (Å²) in [5.74, 6) is -2.54. The first-order valence-corrected chi connectivity index (χ1v) is 5.22. The van der Waals surface area contributed by atoms with Gasteiger partial charge >= 0.3 is 5.97 Å². The number of nitriles is 1. The molecule has 0 aliphatic rings. The maximum absolute atomic E-state index is 13.5. The Hall–Kier alpha value is -1.89. The highest BCUT2D eigenvalue weighted by Crippen LogP contribution is 2.22. The molecule has 0 spiro atoms. The van der Waals surface area contributed by atoms with Gasteiger partial charge in [0.1, 0.15) is 11.4 Å². The highest BCUT2D eigenvalue weighted by Gasteiger charge is 2.28. The number of esters is 1. The molecule has 4 heteroatoms. The van der Waals surface area contributed by atoms with Crippen molar-refractivity contribution in [2.24, 2.45) is 0 Å². The summed E-state index contributed by atoms with van der Waals surface area (Å²) in [7, 11) is 0. The van der Waals surface area contributed by atoms with Crippen molar-refractivity contribution in [3.8, 4) is 6.07 Å². The number of carbonyl (C=O) groups is 1. The van der Waals surface area contributed by atoms with Crippen molar-refractivity contribution in [2.75, 3.05) is 0 Å². The Morgan fingerprint density at radius 2 is 2.00 bits per heavy atom. The molecule has 3 nitrogen and oxygen atoms in total. The second-order valence-corrected chi connectivity index (χ2v) is 4.62. The standard InChI is InChI=1S/C13H14FNO2/c1-13(2,3)17-12(16)10(8-15)9-6-4-5-7-11(9)14/h4-7,10H,1-3H3. The number of halogens is 1. The summed E-state index contributed by atoms with van der Waals surface area (Å²) in [6, 6.07) is 7.47. The lowest BCUT2D eigenvalue weighted by molar-refractivity contribution is -0.155. The molecule has 1 rings (SSSR count). The molecule has 0 N–H and O–H groups in total. The fraction of sp³-hybridized carbons (Fsp3) is 0.385. The molecule has 1 aromatic rings. The van der Waals surface area contributed by atoms with Crippen molar-refractivity contribution in [1.29, 1.82) is 5.26 Å². The van der Waals surface area contributed by atoms with Gasteiger partial charge in [0.25, 0.3) is 0 Å². The molecule has 0 saturated heterocycles. The van der Waals surface area contributed by atoms with Crippen LogP contribution in [-0.2, 0) is 9.53 Å². The number of carbonyl (C=O) groups excluding carboxylic acids is 1. The average molecular weight is 235 g/mol. The number of rotatable bonds is 2. The van der Waals surface area contributed by atoms with Crippen LogP contribution in [0.5, 0.6) is 0 Å². The molecule has 90 valence electrons. The zero-order chi connectivity index (χ0) is 13.1. The van der Waals surface area contributed by atoms with Gasteiger partial charge in [0.05, 0.1) is 6.07 Å². The van der Waals surface area contributed by atoms with E-state index in [-0.39, 0.29) is 5.56 Å². The zero-order valence-electron chi connectivity index (χ0n) is 10.0. The van der Waals surface area contributed by atoms with Gasteiger partial charge in [0.15, 0.2) is 5.92 Å². The van der Waals surface area contributed by atoms with Crippen LogP contribution in [0.25, 0.3) is 0 Å². The van der Waals surface area contributed by atoms with Gasteiger partial charge in [-0.2, -0.15) is 5.26 Å². The molecule has 1 atom stereocenters. The first kappa shape index (κ1) is 13.2. The van der Waals surface area contributed by atoms with E-state index in [1.807, 2.05) is 0 Å². The lowest BCUT2D eigenvalue weighted by atomic mass is 10.00. The fourth-order valence-electron chi connectivity index (χ4n) is 1.32. The minimum atomic E-state index is -1.23. The van der Waals surface area contributed by atoms with Crippen molar-refractivity contribution in [3.05, 3.63) is 35.6 Å². The molecule has 17 heavy (non-hydrogen) atoms. The Labute approximate surface area is 99.8 Å². The highest BCUT2D eigenvalue weighted by molar-refractivity contribution is 5.81. The Balaban J connectivity index is 2.98. The number of ether oxygens (including phenoxy) is 1. The number of benzene rings is 1. The second kappa shape index (κ2) is 4.96. The Morgan fingerprint density at radius 3 is 2.47 bits per heavy atom. The Bertz CT molecular complexity index is 457. The normalized spacial score (nSPS) is 12.6. The quantitative estimate of drug-likeness (QED) is 0.740. The molecular formula is C13H14FNO2. The van der Waals surface area contributed by atoms with E-state index >= 15 is 0 Å². The van der Waals surface area contributed by atoms with Crippen LogP contribution < -0.4 is 0 Å². The third kappa shape index (κ3) is 3.56. The predicted molar refractivity (Wildman–Crippen MR) is 60.6 cm³/mol. The van der Waals surface area contributed by atoms with Gasteiger partial charge in [0.2, 0.25) is 0 Å². The Kier molecular flexibility index (Phi) is 3.84. The predicted octanol–water partition coefficient (Wildman–Crippen LogP) is 2.77. The highest BCUT2D eigenvalue weighted by atomic mass is 19.1. The minimum absolute atomic E-state index is 0.0456. The molecular weight excluding hydrogens is 221 g/mol. The van der Waals surface area contributed by atoms with Gasteiger partial charge in [-0.05, 0) is 26.8 Å². The van der Waals surface area contributed by atoms with Gasteiger partial charge in [-0.1, -0.05) is 18.2 Å². The Morgan fingerprint density at radius 1 is 1.41 bits per heavy atom. The first-order chi connectivity index (χ1) is 7.85. The van der Waals surface area contributed by atoms with E-state index in [1.165, 1.54) is 18.2 Å². The van der Waals surface area contributed by atoms with Crippen LogP contribution in [0.1, 0.15) is 32.3 Å². The molecule has 0 fully saturated rings. The third-order valence-electron chi connectivity index (χ3n) is 1.99. The maximum Gasteiger partial charge on any atom is 0.328 e. The van der Waals surface area contributed by atoms with Crippen LogP contribution in [0, 0.1) is 17.1 Å². The molecule has 0 heterocycles. The van der Waals surface area contributed by atoms with Gasteiger partial charge in [-0.25, -0.2) is 4.39 Å². The molecule has 0 aromatic heterocycles. The third-order valence-corrected chi connectivity index (χ3v) is 1.99. The first-order valence-electron chi connectivity index (χ1n) is 5.22. The average Bonchev–Trinajstić information content (AvgIpc) is 2.19. The molecule has 1 unspecified atom stereocenters. The molecule has 0 amide bonds. The summed E-state index contributed by atoms with van der Waals surface area (Å²) in [4.78, 5) is 11.7. The maximum atomic E-state index is 13.5. The van der Waals surface area contributed by atoms with Crippen LogP contribution in [0.15, 0.2) is 24.3 Å². The van der Waals surface area contributed by atoms with E-state index < -0.39 is 23.3 Å². The van der Waals surface area contributed by atoms with E-state index in [9.17, 15) is 9.18 Å². The molecule has 0 radical (unpaired) electrons. The van der Waals surface area contributed by atoms with Crippen molar-refractivity contribution >= 4 is 5.97 Å². The van der Waals surface area contributed by atoms with Crippen molar-refractivity contribution < 1.29 is 13.9 Å². The molecule has 0 aliphatic carbocycles. The van der Waals surface area contributed by atoms with Crippen molar-refractivity contribution in [1.82, 2.24) is 0 Å². The number of hydrogen-bond acceptors (Lipinski definition) is 3. The minimum Gasteiger partial charge on any atom is -0.459 e. The van der Waals surface area contributed by atoms with Gasteiger partial charge < -0.3 is 4.74 Å². The van der Waals surface area contributed by atoms with E-state index in [0.717, 1.165) is 0 Å². The monoisotopic (exact) mass is 235 g/mol. The summed E-state index contributed by atoms with van der Waals surface area (Å²) in [5, 5.41) is 8.95. The van der Waals surface area contributed by atoms with Crippen LogP contribution in [0.3, 0.4) is 0 Å².